The first-order valence-corrected chi connectivity index (χ1v) is 5.12. The summed E-state index contributed by atoms with van der Waals surface area (Å²) in [6, 6.07) is 10.1. The van der Waals surface area contributed by atoms with Crippen LogP contribution in [-0.2, 0) is 4.79 Å². The number of hydrogen-bond acceptors (Lipinski definition) is 1. The van der Waals surface area contributed by atoms with E-state index in [0.717, 1.165) is 5.57 Å². The maximum Gasteiger partial charge on any atom is 0.137 e. The van der Waals surface area contributed by atoms with Gasteiger partial charge in [0.15, 0.2) is 0 Å². The molecule has 0 aliphatic heterocycles. The van der Waals surface area contributed by atoms with Gasteiger partial charge in [0.1, 0.15) is 5.78 Å². The molecule has 0 saturated heterocycles. The fraction of sp³-hybridized carbons (Fsp3) is 0.214. The number of carbonyl (C=O) groups is 1. The molecule has 2 atom stereocenters. The lowest BCUT2D eigenvalue weighted by atomic mass is 9.84. The van der Waals surface area contributed by atoms with Crippen LogP contribution in [-0.4, -0.2) is 5.78 Å². The van der Waals surface area contributed by atoms with E-state index in [0.29, 0.717) is 0 Å². The molecule has 2 rings (SSSR count). The number of benzene rings is 1. The molecule has 1 aliphatic rings. The summed E-state index contributed by atoms with van der Waals surface area (Å²) in [6.07, 6.45) is 3.92. The molecule has 0 saturated carbocycles. The van der Waals surface area contributed by atoms with E-state index < -0.39 is 0 Å². The van der Waals surface area contributed by atoms with Gasteiger partial charge in [0.2, 0.25) is 0 Å². The van der Waals surface area contributed by atoms with E-state index in [4.69, 9.17) is 0 Å². The highest BCUT2D eigenvalue weighted by Crippen LogP contribution is 2.38. The first-order valence-electron chi connectivity index (χ1n) is 5.12. The number of carbonyl (C=O) groups excluding carboxylic acids is 1. The van der Waals surface area contributed by atoms with Crippen molar-refractivity contribution >= 4 is 5.78 Å². The highest BCUT2D eigenvalue weighted by atomic mass is 16.1. The van der Waals surface area contributed by atoms with Crippen LogP contribution < -0.4 is 0 Å². The Labute approximate surface area is 90.1 Å². The summed E-state index contributed by atoms with van der Waals surface area (Å²) in [5.74, 6) is 0.322. The average Bonchev–Trinajstić information content (AvgIpc) is 2.61. The minimum atomic E-state index is -0.0279. The van der Waals surface area contributed by atoms with Crippen molar-refractivity contribution in [1.29, 1.82) is 0 Å². The molecule has 0 spiro atoms. The molecule has 15 heavy (non-hydrogen) atoms. The van der Waals surface area contributed by atoms with Crippen LogP contribution in [0.3, 0.4) is 0 Å². The molecule has 0 aromatic heterocycles. The van der Waals surface area contributed by atoms with Crippen LogP contribution in [0.2, 0.25) is 0 Å². The Morgan fingerprint density at radius 3 is 2.53 bits per heavy atom. The summed E-state index contributed by atoms with van der Waals surface area (Å²) in [7, 11) is 0. The summed E-state index contributed by atoms with van der Waals surface area (Å²) in [4.78, 5) is 11.5. The molecule has 0 radical (unpaired) electrons. The molecule has 0 fully saturated rings. The van der Waals surface area contributed by atoms with Crippen LogP contribution in [0, 0.1) is 5.92 Å². The summed E-state index contributed by atoms with van der Waals surface area (Å²) < 4.78 is 0. The van der Waals surface area contributed by atoms with Crippen LogP contribution in [0.5, 0.6) is 0 Å². The monoisotopic (exact) mass is 198 g/mol. The molecule has 1 aromatic carbocycles. The highest BCUT2D eigenvalue weighted by Gasteiger charge is 2.30. The third kappa shape index (κ3) is 1.78. The van der Waals surface area contributed by atoms with E-state index in [1.165, 1.54) is 5.56 Å². The van der Waals surface area contributed by atoms with E-state index >= 15 is 0 Å². The number of ketones is 1. The van der Waals surface area contributed by atoms with E-state index in [-0.39, 0.29) is 17.6 Å². The van der Waals surface area contributed by atoms with Crippen molar-refractivity contribution in [3.8, 4) is 0 Å². The van der Waals surface area contributed by atoms with Crippen molar-refractivity contribution in [3.05, 3.63) is 60.2 Å². The van der Waals surface area contributed by atoms with Gasteiger partial charge in [-0.3, -0.25) is 4.79 Å². The zero-order chi connectivity index (χ0) is 10.8. The zero-order valence-electron chi connectivity index (χ0n) is 8.81. The van der Waals surface area contributed by atoms with Crippen molar-refractivity contribution in [2.45, 2.75) is 12.8 Å². The molecule has 0 heterocycles. The van der Waals surface area contributed by atoms with Gasteiger partial charge in [-0.05, 0) is 18.1 Å². The molecule has 76 valence electrons. The van der Waals surface area contributed by atoms with Crippen LogP contribution >= 0.6 is 0 Å². The smallest absolute Gasteiger partial charge is 0.137 e. The SMILES string of the molecule is C=C1C=C[C@H](C(C)=O)[C@H]1c1ccccc1. The molecule has 0 amide bonds. The Kier molecular flexibility index (Phi) is 2.55. The minimum absolute atomic E-state index is 0.0279. The quantitative estimate of drug-likeness (QED) is 0.713. The normalized spacial score (nSPS) is 24.5. The second-order valence-corrected chi connectivity index (χ2v) is 3.96. The van der Waals surface area contributed by atoms with Crippen molar-refractivity contribution in [3.63, 3.8) is 0 Å². The minimum Gasteiger partial charge on any atom is -0.299 e. The molecule has 1 aromatic rings. The maximum absolute atomic E-state index is 11.5. The number of Topliss-reactive ketones (excluding diaryl/α,β-unsaturated/α-hetero) is 1. The third-order valence-electron chi connectivity index (χ3n) is 2.90. The Balaban J connectivity index is 2.36. The van der Waals surface area contributed by atoms with Gasteiger partial charge >= 0.3 is 0 Å². The van der Waals surface area contributed by atoms with E-state index in [1.54, 1.807) is 6.92 Å². The summed E-state index contributed by atoms with van der Waals surface area (Å²) in [5.41, 5.74) is 2.20. The Bertz CT molecular complexity index is 414. The molecule has 0 unspecified atom stereocenters. The highest BCUT2D eigenvalue weighted by molar-refractivity contribution is 5.83. The van der Waals surface area contributed by atoms with Crippen LogP contribution in [0.1, 0.15) is 18.4 Å². The molecular formula is C14H14O. The maximum atomic E-state index is 11.5. The van der Waals surface area contributed by atoms with Crippen molar-refractivity contribution in [2.24, 2.45) is 5.92 Å². The Morgan fingerprint density at radius 1 is 1.27 bits per heavy atom. The first-order chi connectivity index (χ1) is 7.20. The Morgan fingerprint density at radius 2 is 1.93 bits per heavy atom. The van der Waals surface area contributed by atoms with Crippen LogP contribution in [0.25, 0.3) is 0 Å². The van der Waals surface area contributed by atoms with Crippen molar-refractivity contribution < 1.29 is 4.79 Å². The van der Waals surface area contributed by atoms with Crippen molar-refractivity contribution in [1.82, 2.24) is 0 Å². The Hall–Kier alpha value is -1.63. The second-order valence-electron chi connectivity index (χ2n) is 3.96. The second kappa shape index (κ2) is 3.85. The molecule has 1 heteroatoms. The van der Waals surface area contributed by atoms with Crippen LogP contribution in [0.15, 0.2) is 54.6 Å². The predicted molar refractivity (Wildman–Crippen MR) is 61.6 cm³/mol. The van der Waals surface area contributed by atoms with Gasteiger partial charge in [-0.2, -0.15) is 0 Å². The summed E-state index contributed by atoms with van der Waals surface area (Å²) >= 11 is 0. The lowest BCUT2D eigenvalue weighted by Crippen LogP contribution is -2.15. The molecule has 0 bridgehead atoms. The largest absolute Gasteiger partial charge is 0.299 e. The fourth-order valence-corrected chi connectivity index (χ4v) is 2.12. The van der Waals surface area contributed by atoms with Gasteiger partial charge in [0.25, 0.3) is 0 Å². The van der Waals surface area contributed by atoms with Gasteiger partial charge < -0.3 is 0 Å². The lowest BCUT2D eigenvalue weighted by Gasteiger charge is -2.18. The zero-order valence-corrected chi connectivity index (χ0v) is 8.81. The van der Waals surface area contributed by atoms with Gasteiger partial charge in [0.05, 0.1) is 0 Å². The first kappa shape index (κ1) is 9.91. The van der Waals surface area contributed by atoms with E-state index in [1.807, 2.05) is 30.4 Å². The fourth-order valence-electron chi connectivity index (χ4n) is 2.12. The van der Waals surface area contributed by atoms with Gasteiger partial charge in [0, 0.05) is 11.8 Å². The van der Waals surface area contributed by atoms with Gasteiger partial charge in [-0.25, -0.2) is 0 Å². The van der Waals surface area contributed by atoms with Gasteiger partial charge in [-0.15, -0.1) is 0 Å². The third-order valence-corrected chi connectivity index (χ3v) is 2.90. The van der Waals surface area contributed by atoms with Gasteiger partial charge in [-0.1, -0.05) is 49.1 Å². The van der Waals surface area contributed by atoms with Crippen LogP contribution in [0.4, 0.5) is 0 Å². The predicted octanol–water partition coefficient (Wildman–Crippen LogP) is 3.10. The number of rotatable bonds is 2. The number of allylic oxidation sites excluding steroid dienone is 3. The molecule has 1 aliphatic carbocycles. The average molecular weight is 198 g/mol. The van der Waals surface area contributed by atoms with Crippen molar-refractivity contribution in [2.75, 3.05) is 0 Å². The number of hydrogen-bond donors (Lipinski definition) is 0. The van der Waals surface area contributed by atoms with E-state index in [2.05, 4.69) is 18.7 Å². The molecular weight excluding hydrogens is 184 g/mol. The topological polar surface area (TPSA) is 17.1 Å². The summed E-state index contributed by atoms with van der Waals surface area (Å²) in [6.45, 7) is 5.65. The molecule has 1 nitrogen and oxygen atoms in total. The van der Waals surface area contributed by atoms with E-state index in [9.17, 15) is 4.79 Å². The standard InChI is InChI=1S/C14H14O/c1-10-8-9-13(11(2)15)14(10)12-6-4-3-5-7-12/h3-9,13-14H,1H2,2H3/t13-,14-/m1/s1. The lowest BCUT2D eigenvalue weighted by molar-refractivity contribution is -0.119. The summed E-state index contributed by atoms with van der Waals surface area (Å²) in [5, 5.41) is 0. The molecule has 0 N–H and O–H groups in total.